The van der Waals surface area contributed by atoms with Crippen LogP contribution in [0.25, 0.3) is 11.5 Å². The van der Waals surface area contributed by atoms with Gasteiger partial charge in [0.2, 0.25) is 18.6 Å². The highest BCUT2D eigenvalue weighted by Gasteiger charge is 2.31. The molecular formula is C22H19F3N4O4S. The van der Waals surface area contributed by atoms with Crippen LogP contribution in [0, 0.1) is 0 Å². The lowest BCUT2D eigenvalue weighted by Gasteiger charge is -2.36. The Balaban J connectivity index is 1.13. The summed E-state index contributed by atoms with van der Waals surface area (Å²) in [4.78, 5) is 16.2. The Labute approximate surface area is 196 Å². The number of aromatic nitrogens is 2. The van der Waals surface area contributed by atoms with Crippen LogP contribution in [0.15, 0.2) is 52.1 Å². The number of benzene rings is 2. The number of anilines is 1. The zero-order chi connectivity index (χ0) is 23.7. The number of thioether (sulfide) groups is 1. The topological polar surface area (TPSA) is 80.9 Å². The Morgan fingerprint density at radius 3 is 2.59 bits per heavy atom. The fraction of sp³-hybridized carbons (Fsp3) is 0.318. The van der Waals surface area contributed by atoms with E-state index >= 15 is 0 Å². The Bertz CT molecular complexity index is 1190. The largest absolute Gasteiger partial charge is 0.454 e. The average molecular weight is 492 g/mol. The maximum Gasteiger partial charge on any atom is 0.416 e. The second-order valence-electron chi connectivity index (χ2n) is 7.65. The van der Waals surface area contributed by atoms with Crippen molar-refractivity contribution in [3.8, 4) is 23.0 Å². The third-order valence-electron chi connectivity index (χ3n) is 5.52. The van der Waals surface area contributed by atoms with Crippen molar-refractivity contribution in [1.82, 2.24) is 15.1 Å². The maximum atomic E-state index is 13.0. The smallest absolute Gasteiger partial charge is 0.416 e. The molecule has 0 spiro atoms. The van der Waals surface area contributed by atoms with Crippen molar-refractivity contribution in [2.45, 2.75) is 11.4 Å². The zero-order valence-corrected chi connectivity index (χ0v) is 18.6. The van der Waals surface area contributed by atoms with Crippen LogP contribution in [0.5, 0.6) is 11.5 Å². The van der Waals surface area contributed by atoms with Gasteiger partial charge in [-0.3, -0.25) is 4.79 Å². The highest BCUT2D eigenvalue weighted by Crippen LogP contribution is 2.36. The first-order valence-electron chi connectivity index (χ1n) is 10.4. The molecule has 1 amide bonds. The molecule has 5 rings (SSSR count). The minimum absolute atomic E-state index is 0.100. The van der Waals surface area contributed by atoms with Crippen LogP contribution in [0.4, 0.5) is 18.9 Å². The predicted molar refractivity (Wildman–Crippen MR) is 117 cm³/mol. The van der Waals surface area contributed by atoms with Crippen molar-refractivity contribution in [3.05, 3.63) is 48.0 Å². The first-order chi connectivity index (χ1) is 16.4. The summed E-state index contributed by atoms with van der Waals surface area (Å²) in [5.74, 6) is 1.58. The third-order valence-corrected chi connectivity index (χ3v) is 6.32. The number of rotatable bonds is 5. The molecule has 12 heteroatoms. The molecular weight excluding hydrogens is 473 g/mol. The lowest BCUT2D eigenvalue weighted by Crippen LogP contribution is -2.49. The molecule has 1 aromatic heterocycles. The molecule has 0 aliphatic carbocycles. The van der Waals surface area contributed by atoms with E-state index in [2.05, 4.69) is 10.2 Å². The van der Waals surface area contributed by atoms with E-state index < -0.39 is 11.7 Å². The van der Waals surface area contributed by atoms with E-state index in [1.807, 2.05) is 4.90 Å². The van der Waals surface area contributed by atoms with Crippen LogP contribution in [0.1, 0.15) is 5.56 Å². The first kappa shape index (κ1) is 22.4. The maximum absolute atomic E-state index is 13.0. The minimum Gasteiger partial charge on any atom is -0.454 e. The van der Waals surface area contributed by atoms with Gasteiger partial charge in [0.05, 0.1) is 11.3 Å². The van der Waals surface area contributed by atoms with Crippen molar-refractivity contribution < 1.29 is 31.9 Å². The number of hydrogen-bond acceptors (Lipinski definition) is 8. The summed E-state index contributed by atoms with van der Waals surface area (Å²) in [6.07, 6.45) is -4.39. The number of nitrogens with zero attached hydrogens (tertiary/aromatic N) is 4. The van der Waals surface area contributed by atoms with Gasteiger partial charge in [-0.05, 0) is 36.4 Å². The van der Waals surface area contributed by atoms with Crippen molar-refractivity contribution in [2.75, 3.05) is 43.6 Å². The van der Waals surface area contributed by atoms with Crippen molar-refractivity contribution in [1.29, 1.82) is 0 Å². The summed E-state index contributed by atoms with van der Waals surface area (Å²) >= 11 is 1.14. The van der Waals surface area contributed by atoms with Crippen LogP contribution in [-0.2, 0) is 11.0 Å². The number of fused-ring (bicyclic) bond motifs is 1. The van der Waals surface area contributed by atoms with Crippen molar-refractivity contribution in [3.63, 3.8) is 0 Å². The van der Waals surface area contributed by atoms with E-state index in [-0.39, 0.29) is 23.7 Å². The van der Waals surface area contributed by atoms with E-state index in [4.69, 9.17) is 13.9 Å². The highest BCUT2D eigenvalue weighted by molar-refractivity contribution is 7.99. The normalized spacial score (nSPS) is 15.6. The van der Waals surface area contributed by atoms with Gasteiger partial charge in [-0.2, -0.15) is 13.2 Å². The van der Waals surface area contributed by atoms with Crippen molar-refractivity contribution in [2.24, 2.45) is 0 Å². The minimum atomic E-state index is -4.39. The molecule has 2 aromatic carbocycles. The van der Waals surface area contributed by atoms with Crippen LogP contribution in [-0.4, -0.2) is 59.7 Å². The molecule has 34 heavy (non-hydrogen) atoms. The molecule has 0 atom stereocenters. The fourth-order valence-electron chi connectivity index (χ4n) is 3.72. The lowest BCUT2D eigenvalue weighted by atomic mass is 10.1. The molecule has 3 aromatic rings. The van der Waals surface area contributed by atoms with Gasteiger partial charge in [0, 0.05) is 37.4 Å². The highest BCUT2D eigenvalue weighted by atomic mass is 32.2. The average Bonchev–Trinajstić information content (AvgIpc) is 3.51. The van der Waals surface area contributed by atoms with Gasteiger partial charge in [-0.15, -0.1) is 10.2 Å². The number of carbonyl (C=O) groups excluding carboxylic acids is 1. The molecule has 1 fully saturated rings. The summed E-state index contributed by atoms with van der Waals surface area (Å²) in [6.45, 7) is 1.91. The zero-order valence-electron chi connectivity index (χ0n) is 17.7. The number of piperazine rings is 1. The van der Waals surface area contributed by atoms with Gasteiger partial charge < -0.3 is 23.7 Å². The Morgan fingerprint density at radius 2 is 1.79 bits per heavy atom. The summed E-state index contributed by atoms with van der Waals surface area (Å²) in [6, 6.07) is 10.5. The Hall–Kier alpha value is -3.41. The molecule has 0 unspecified atom stereocenters. The van der Waals surface area contributed by atoms with E-state index in [1.54, 1.807) is 29.2 Å². The molecule has 0 bridgehead atoms. The molecule has 0 N–H and O–H groups in total. The number of hydrogen-bond donors (Lipinski definition) is 0. The molecule has 0 radical (unpaired) electrons. The summed E-state index contributed by atoms with van der Waals surface area (Å²) in [5, 5.41) is 8.28. The first-order valence-corrected chi connectivity index (χ1v) is 11.4. The van der Waals surface area contributed by atoms with Crippen LogP contribution in [0.2, 0.25) is 0 Å². The Morgan fingerprint density at radius 1 is 1.00 bits per heavy atom. The lowest BCUT2D eigenvalue weighted by molar-refractivity contribution is -0.137. The van der Waals surface area contributed by atoms with Gasteiger partial charge in [0.15, 0.2) is 11.5 Å². The van der Waals surface area contributed by atoms with Crippen LogP contribution in [0.3, 0.4) is 0 Å². The van der Waals surface area contributed by atoms with E-state index in [0.717, 1.165) is 23.9 Å². The van der Waals surface area contributed by atoms with E-state index in [9.17, 15) is 18.0 Å². The summed E-state index contributed by atoms with van der Waals surface area (Å²) in [7, 11) is 0. The number of alkyl halides is 3. The molecule has 178 valence electrons. The van der Waals surface area contributed by atoms with Gasteiger partial charge >= 0.3 is 6.18 Å². The SMILES string of the molecule is O=C(CSc1nnc(-c2ccc3c(c2)OCO3)o1)N1CCN(c2cccc(C(F)(F)F)c2)CC1. The van der Waals surface area contributed by atoms with E-state index in [1.165, 1.54) is 6.07 Å². The van der Waals surface area contributed by atoms with Crippen molar-refractivity contribution >= 4 is 23.4 Å². The number of carbonyl (C=O) groups is 1. The quantitative estimate of drug-likeness (QED) is 0.496. The van der Waals surface area contributed by atoms with Gasteiger partial charge in [0.1, 0.15) is 0 Å². The monoisotopic (exact) mass is 492 g/mol. The van der Waals surface area contributed by atoms with Crippen LogP contribution < -0.4 is 14.4 Å². The molecule has 3 heterocycles. The standard InChI is InChI=1S/C22H19F3N4O4S/c23-22(24,25)15-2-1-3-16(11-15)28-6-8-29(9-7-28)19(30)12-34-21-27-26-20(33-21)14-4-5-17-18(10-14)32-13-31-17/h1-5,10-11H,6-9,12-13H2. The summed E-state index contributed by atoms with van der Waals surface area (Å²) < 4.78 is 55.2. The third kappa shape index (κ3) is 4.76. The number of halogens is 3. The van der Waals surface area contributed by atoms with E-state index in [0.29, 0.717) is 54.8 Å². The molecule has 8 nitrogen and oxygen atoms in total. The Kier molecular flexibility index (Phi) is 5.98. The fourth-order valence-corrected chi connectivity index (χ4v) is 4.39. The number of amides is 1. The second-order valence-corrected chi connectivity index (χ2v) is 8.57. The molecule has 2 aliphatic heterocycles. The van der Waals surface area contributed by atoms with Crippen LogP contribution >= 0.6 is 11.8 Å². The number of ether oxygens (including phenoxy) is 2. The van der Waals surface area contributed by atoms with Gasteiger partial charge in [-0.25, -0.2) is 0 Å². The molecule has 1 saturated heterocycles. The second kappa shape index (κ2) is 9.09. The molecule has 2 aliphatic rings. The van der Waals surface area contributed by atoms with Gasteiger partial charge in [-0.1, -0.05) is 17.8 Å². The summed E-state index contributed by atoms with van der Waals surface area (Å²) in [5.41, 5.74) is 0.499. The predicted octanol–water partition coefficient (Wildman–Crippen LogP) is 3.93. The molecule has 0 saturated carbocycles. The van der Waals surface area contributed by atoms with Gasteiger partial charge in [0.25, 0.3) is 5.22 Å².